The second-order valence-corrected chi connectivity index (χ2v) is 4.95. The van der Waals surface area contributed by atoms with Crippen LogP contribution in [0.1, 0.15) is 0 Å². The minimum absolute atomic E-state index is 0.296. The summed E-state index contributed by atoms with van der Waals surface area (Å²) in [4.78, 5) is 19.7. The summed E-state index contributed by atoms with van der Waals surface area (Å²) in [7, 11) is 0. The Labute approximate surface area is 133 Å². The number of benzene rings is 1. The number of hydrogen-bond acceptors (Lipinski definition) is 10. The molecule has 0 aromatic heterocycles. The van der Waals surface area contributed by atoms with E-state index in [1.54, 1.807) is 0 Å². The van der Waals surface area contributed by atoms with E-state index in [1.807, 2.05) is 0 Å². The SMILES string of the molecule is O=[N+]([O-])c1ccc(O[C@@H]2[C@@H](O)[C@@H](O)[C@@H](CO)O[C@H]2[O-])cc1[N+](=O)[O-]. The summed E-state index contributed by atoms with van der Waals surface area (Å²) >= 11 is 0. The Balaban J connectivity index is 2.26. The third kappa shape index (κ3) is 3.42. The van der Waals surface area contributed by atoms with Gasteiger partial charge in [-0.2, -0.15) is 0 Å². The zero-order valence-corrected chi connectivity index (χ0v) is 11.9. The maximum atomic E-state index is 11.8. The Kier molecular flexibility index (Phi) is 5.26. The van der Waals surface area contributed by atoms with Gasteiger partial charge in [0.2, 0.25) is 0 Å². The zero-order chi connectivity index (χ0) is 18.0. The molecule has 3 N–H and O–H groups in total. The first-order chi connectivity index (χ1) is 11.3. The van der Waals surface area contributed by atoms with E-state index >= 15 is 0 Å². The lowest BCUT2D eigenvalue weighted by Gasteiger charge is -2.45. The van der Waals surface area contributed by atoms with Crippen LogP contribution in [0.3, 0.4) is 0 Å². The highest BCUT2D eigenvalue weighted by molar-refractivity contribution is 5.55. The molecule has 0 saturated carbocycles. The molecule has 0 spiro atoms. The number of aliphatic hydroxyl groups is 3. The number of rotatable bonds is 5. The van der Waals surface area contributed by atoms with Gasteiger partial charge in [-0.15, -0.1) is 0 Å². The van der Waals surface area contributed by atoms with Gasteiger partial charge in [0, 0.05) is 12.4 Å². The molecule has 12 heteroatoms. The van der Waals surface area contributed by atoms with E-state index in [0.29, 0.717) is 0 Å². The Hall–Kier alpha value is -2.38. The lowest BCUT2D eigenvalue weighted by atomic mass is 9.99. The summed E-state index contributed by atoms with van der Waals surface area (Å²) in [6.07, 6.45) is -8.27. The van der Waals surface area contributed by atoms with Crippen LogP contribution in [0.15, 0.2) is 18.2 Å². The van der Waals surface area contributed by atoms with Gasteiger partial charge in [-0.3, -0.25) is 20.2 Å². The Morgan fingerprint density at radius 2 is 1.75 bits per heavy atom. The zero-order valence-electron chi connectivity index (χ0n) is 11.9. The second-order valence-electron chi connectivity index (χ2n) is 4.95. The van der Waals surface area contributed by atoms with Crippen molar-refractivity contribution < 1.29 is 39.7 Å². The predicted octanol–water partition coefficient (Wildman–Crippen LogP) is -1.95. The fraction of sp³-hybridized carbons (Fsp3) is 0.500. The first-order valence-electron chi connectivity index (χ1n) is 6.64. The molecule has 1 aliphatic heterocycles. The van der Waals surface area contributed by atoms with Gasteiger partial charge in [0.15, 0.2) is 0 Å². The van der Waals surface area contributed by atoms with Crippen LogP contribution in [0.2, 0.25) is 0 Å². The smallest absolute Gasteiger partial charge is 0.349 e. The number of aliphatic hydroxyl groups excluding tert-OH is 3. The standard InChI is InChI=1S/C12H13N2O10/c15-4-8-9(16)10(17)11(12(18)24-8)23-5-1-2-6(13(19)20)7(3-5)14(21)22/h1-3,8-12,15-17H,4H2/q-1/t8-,9+,10+,11-,12-/m1/s1. The van der Waals surface area contributed by atoms with Crippen molar-refractivity contribution in [3.8, 4) is 5.75 Å². The van der Waals surface area contributed by atoms with Gasteiger partial charge in [-0.1, -0.05) is 0 Å². The van der Waals surface area contributed by atoms with Gasteiger partial charge < -0.3 is 29.9 Å². The highest BCUT2D eigenvalue weighted by Gasteiger charge is 2.41. The van der Waals surface area contributed by atoms with Gasteiger partial charge in [0.05, 0.1) is 22.5 Å². The fourth-order valence-electron chi connectivity index (χ4n) is 2.22. The fourth-order valence-corrected chi connectivity index (χ4v) is 2.22. The largest absolute Gasteiger partial charge is 0.828 e. The minimum Gasteiger partial charge on any atom is -0.828 e. The van der Waals surface area contributed by atoms with Crippen molar-refractivity contribution in [2.45, 2.75) is 30.7 Å². The normalized spacial score (nSPS) is 29.9. The van der Waals surface area contributed by atoms with Crippen molar-refractivity contribution in [3.05, 3.63) is 38.4 Å². The molecule has 0 unspecified atom stereocenters. The van der Waals surface area contributed by atoms with Crippen LogP contribution in [0, 0.1) is 20.2 Å². The van der Waals surface area contributed by atoms with Crippen molar-refractivity contribution in [1.82, 2.24) is 0 Å². The Morgan fingerprint density at radius 1 is 1.12 bits per heavy atom. The molecule has 1 heterocycles. The molecule has 0 amide bonds. The van der Waals surface area contributed by atoms with Crippen LogP contribution in [0.25, 0.3) is 0 Å². The number of nitrogens with zero attached hydrogens (tertiary/aromatic N) is 2. The van der Waals surface area contributed by atoms with Crippen LogP contribution in [0.4, 0.5) is 11.4 Å². The molecule has 1 aromatic rings. The summed E-state index contributed by atoms with van der Waals surface area (Å²) in [6, 6.07) is 2.55. The molecule has 1 aromatic carbocycles. The van der Waals surface area contributed by atoms with Crippen molar-refractivity contribution in [2.24, 2.45) is 0 Å². The highest BCUT2D eigenvalue weighted by Crippen LogP contribution is 2.32. The quantitative estimate of drug-likeness (QED) is 0.399. The van der Waals surface area contributed by atoms with E-state index in [2.05, 4.69) is 0 Å². The molecule has 1 saturated heterocycles. The van der Waals surface area contributed by atoms with E-state index in [0.717, 1.165) is 18.2 Å². The van der Waals surface area contributed by atoms with Gasteiger partial charge in [-0.25, -0.2) is 0 Å². The molecule has 2 rings (SSSR count). The van der Waals surface area contributed by atoms with E-state index in [-0.39, 0.29) is 5.75 Å². The number of nitro groups is 2. The molecule has 1 aliphatic rings. The summed E-state index contributed by atoms with van der Waals surface area (Å²) < 4.78 is 9.87. The maximum absolute atomic E-state index is 11.8. The minimum atomic E-state index is -1.99. The molecular formula is C12H13N2O10-. The molecule has 0 radical (unpaired) electrons. The van der Waals surface area contributed by atoms with Gasteiger partial charge in [-0.05, 0) is 6.07 Å². The number of nitro benzene ring substituents is 2. The van der Waals surface area contributed by atoms with E-state index < -0.39 is 58.5 Å². The van der Waals surface area contributed by atoms with Crippen molar-refractivity contribution in [3.63, 3.8) is 0 Å². The highest BCUT2D eigenvalue weighted by atomic mass is 16.7. The predicted molar refractivity (Wildman–Crippen MR) is 71.9 cm³/mol. The first kappa shape index (κ1) is 18.0. The lowest BCUT2D eigenvalue weighted by molar-refractivity contribution is -0.530. The molecular weight excluding hydrogens is 332 g/mol. The summed E-state index contributed by atoms with van der Waals surface area (Å²) in [6.45, 7) is -0.702. The van der Waals surface area contributed by atoms with Gasteiger partial charge in [0.1, 0.15) is 30.2 Å². The molecule has 132 valence electrons. The average Bonchev–Trinajstić information content (AvgIpc) is 2.54. The third-order valence-corrected chi connectivity index (χ3v) is 3.44. The van der Waals surface area contributed by atoms with Crippen LogP contribution in [0.5, 0.6) is 5.75 Å². The lowest BCUT2D eigenvalue weighted by Crippen LogP contribution is -2.64. The van der Waals surface area contributed by atoms with Crippen LogP contribution < -0.4 is 9.84 Å². The molecule has 0 aliphatic carbocycles. The van der Waals surface area contributed by atoms with Crippen molar-refractivity contribution in [1.29, 1.82) is 0 Å². The first-order valence-corrected chi connectivity index (χ1v) is 6.64. The van der Waals surface area contributed by atoms with E-state index in [4.69, 9.17) is 14.6 Å². The summed E-state index contributed by atoms with van der Waals surface area (Å²) in [5.74, 6) is -0.296. The van der Waals surface area contributed by atoms with Crippen LogP contribution in [-0.4, -0.2) is 62.5 Å². The molecule has 5 atom stereocenters. The second kappa shape index (κ2) is 7.02. The Morgan fingerprint density at radius 3 is 2.29 bits per heavy atom. The monoisotopic (exact) mass is 345 g/mol. The average molecular weight is 345 g/mol. The molecule has 24 heavy (non-hydrogen) atoms. The summed E-state index contributed by atoms with van der Waals surface area (Å²) in [5, 5.41) is 62.0. The topological polar surface area (TPSA) is 188 Å². The van der Waals surface area contributed by atoms with Crippen molar-refractivity contribution in [2.75, 3.05) is 6.61 Å². The third-order valence-electron chi connectivity index (χ3n) is 3.44. The van der Waals surface area contributed by atoms with Crippen LogP contribution in [-0.2, 0) is 4.74 Å². The number of ether oxygens (including phenoxy) is 2. The van der Waals surface area contributed by atoms with Gasteiger partial charge in [0.25, 0.3) is 0 Å². The molecule has 1 fully saturated rings. The molecule has 0 bridgehead atoms. The maximum Gasteiger partial charge on any atom is 0.349 e. The van der Waals surface area contributed by atoms with E-state index in [9.17, 15) is 35.5 Å². The van der Waals surface area contributed by atoms with Crippen molar-refractivity contribution >= 4 is 11.4 Å². The van der Waals surface area contributed by atoms with Crippen LogP contribution >= 0.6 is 0 Å². The van der Waals surface area contributed by atoms with Gasteiger partial charge >= 0.3 is 11.4 Å². The molecule has 12 nitrogen and oxygen atoms in total. The van der Waals surface area contributed by atoms with E-state index in [1.165, 1.54) is 0 Å². The summed E-state index contributed by atoms with van der Waals surface area (Å²) in [5.41, 5.74) is -1.63. The Bertz CT molecular complexity index is 638. The number of hydrogen-bond donors (Lipinski definition) is 3.